The average molecular weight is 627 g/mol. The number of alkyl halides is 3. The van der Waals surface area contributed by atoms with Crippen LogP contribution in [0.1, 0.15) is 57.8 Å². The summed E-state index contributed by atoms with van der Waals surface area (Å²) in [5, 5.41) is 10.9. The zero-order valence-electron chi connectivity index (χ0n) is 26.2. The number of halogens is 3. The summed E-state index contributed by atoms with van der Waals surface area (Å²) >= 11 is 0. The van der Waals surface area contributed by atoms with Gasteiger partial charge in [-0.1, -0.05) is 36.6 Å². The van der Waals surface area contributed by atoms with E-state index >= 15 is 0 Å². The summed E-state index contributed by atoms with van der Waals surface area (Å²) in [5.41, 5.74) is 5.51. The van der Waals surface area contributed by atoms with Gasteiger partial charge in [0.05, 0.1) is 22.5 Å². The third-order valence-corrected chi connectivity index (χ3v) is 8.35. The lowest BCUT2D eigenvalue weighted by atomic mass is 10.0. The number of aromatic nitrogens is 4. The third kappa shape index (κ3) is 7.58. The minimum absolute atomic E-state index is 0.264. The molecule has 0 radical (unpaired) electrons. The van der Waals surface area contributed by atoms with Gasteiger partial charge < -0.3 is 15.5 Å². The Kier molecular flexibility index (Phi) is 8.84. The number of hydrogen-bond donors (Lipinski definition) is 2. The number of rotatable bonds is 8. The maximum absolute atomic E-state index is 14.1. The molecular weight excluding hydrogens is 589 g/mol. The zero-order valence-corrected chi connectivity index (χ0v) is 26.2. The van der Waals surface area contributed by atoms with Gasteiger partial charge >= 0.3 is 6.18 Å². The highest BCUT2D eigenvalue weighted by molar-refractivity contribution is 5.76. The Bertz CT molecular complexity index is 1790. The van der Waals surface area contributed by atoms with E-state index in [0.717, 1.165) is 67.1 Å². The number of likely N-dealkylation sites (N-methyl/N-ethyl adjacent to an activating group) is 1. The number of hydrogen-bond acceptors (Lipinski definition) is 7. The topological polar surface area (TPSA) is 74.1 Å². The molecular formula is C35H37F3N8. The number of benzene rings is 2. The van der Waals surface area contributed by atoms with Crippen molar-refractivity contribution in [2.45, 2.75) is 38.4 Å². The fourth-order valence-electron chi connectivity index (χ4n) is 5.47. The van der Waals surface area contributed by atoms with Crippen molar-refractivity contribution < 1.29 is 13.2 Å². The van der Waals surface area contributed by atoms with Gasteiger partial charge in [0, 0.05) is 81.2 Å². The average Bonchev–Trinajstić information content (AvgIpc) is 3.80. The highest BCUT2D eigenvalue weighted by Crippen LogP contribution is 2.42. The van der Waals surface area contributed by atoms with Crippen molar-refractivity contribution in [2.75, 3.05) is 43.9 Å². The minimum Gasteiger partial charge on any atom is -0.356 e. The Morgan fingerprint density at radius 3 is 2.43 bits per heavy atom. The summed E-state index contributed by atoms with van der Waals surface area (Å²) in [4.78, 5) is 13.1. The van der Waals surface area contributed by atoms with E-state index in [1.165, 1.54) is 6.07 Å². The highest BCUT2D eigenvalue weighted by Gasteiger charge is 2.34. The predicted molar refractivity (Wildman–Crippen MR) is 175 cm³/mol. The molecule has 0 spiro atoms. The van der Waals surface area contributed by atoms with Gasteiger partial charge in [0.25, 0.3) is 0 Å². The fraction of sp³-hybridized carbons (Fsp3) is 0.343. The molecule has 1 saturated carbocycles. The minimum atomic E-state index is -4.47. The van der Waals surface area contributed by atoms with Gasteiger partial charge in [0.2, 0.25) is 5.95 Å². The highest BCUT2D eigenvalue weighted by atomic mass is 19.4. The monoisotopic (exact) mass is 626 g/mol. The standard InChI is InChI=1S/C35H37F3N8/c1-23-5-7-28(24(2)41-30-12-11-29(31(18-30)35(36,37)38)21-46-15-13-44(3)14-16-46)17-27(23)8-6-25-19-39-34(40-20-25)42-32-22-45(4)43-33(32)26-9-10-26/h5,7,11-12,17-20,22,26,41H,2,9-10,13-16,21H2,1,3-4H3,(H,39,40,42). The molecule has 0 bridgehead atoms. The second-order valence-corrected chi connectivity index (χ2v) is 12.1. The van der Waals surface area contributed by atoms with Gasteiger partial charge in [-0.15, -0.1) is 0 Å². The molecule has 2 aromatic heterocycles. The van der Waals surface area contributed by atoms with Crippen LogP contribution in [0.25, 0.3) is 5.70 Å². The first-order valence-electron chi connectivity index (χ1n) is 15.3. The smallest absolute Gasteiger partial charge is 0.356 e. The molecule has 1 saturated heterocycles. The van der Waals surface area contributed by atoms with E-state index in [4.69, 9.17) is 0 Å². The summed E-state index contributed by atoms with van der Waals surface area (Å²) in [6.45, 7) is 9.49. The second-order valence-electron chi connectivity index (χ2n) is 12.1. The maximum atomic E-state index is 14.1. The van der Waals surface area contributed by atoms with Crippen LogP contribution < -0.4 is 10.6 Å². The molecule has 6 rings (SSSR count). The molecule has 2 aromatic carbocycles. The molecule has 8 nitrogen and oxygen atoms in total. The van der Waals surface area contributed by atoms with Gasteiger partial charge in [0.1, 0.15) is 0 Å². The van der Waals surface area contributed by atoms with E-state index in [9.17, 15) is 13.2 Å². The van der Waals surface area contributed by atoms with Crippen molar-refractivity contribution in [3.05, 3.63) is 101 Å². The van der Waals surface area contributed by atoms with Crippen molar-refractivity contribution in [1.82, 2.24) is 29.5 Å². The molecule has 2 fully saturated rings. The molecule has 238 valence electrons. The van der Waals surface area contributed by atoms with Crippen LogP contribution in [-0.2, 0) is 19.8 Å². The molecule has 3 heterocycles. The first kappa shape index (κ1) is 31.3. The Labute approximate surface area is 267 Å². The van der Waals surface area contributed by atoms with Crippen LogP contribution in [0, 0.1) is 18.8 Å². The molecule has 1 aliphatic heterocycles. The van der Waals surface area contributed by atoms with Crippen LogP contribution in [0.5, 0.6) is 0 Å². The second kappa shape index (κ2) is 13.0. The molecule has 2 aliphatic rings. The van der Waals surface area contributed by atoms with Crippen molar-refractivity contribution in [2.24, 2.45) is 7.05 Å². The summed E-state index contributed by atoms with van der Waals surface area (Å²) in [5.74, 6) is 7.27. The number of nitrogens with zero attached hydrogens (tertiary/aromatic N) is 6. The van der Waals surface area contributed by atoms with Gasteiger partial charge in [-0.3, -0.25) is 9.58 Å². The Balaban J connectivity index is 1.13. The fourth-order valence-corrected chi connectivity index (χ4v) is 5.47. The van der Waals surface area contributed by atoms with E-state index in [0.29, 0.717) is 28.8 Å². The van der Waals surface area contributed by atoms with Crippen LogP contribution in [-0.4, -0.2) is 62.8 Å². The van der Waals surface area contributed by atoms with Crippen LogP contribution in [0.2, 0.25) is 0 Å². The number of aryl methyl sites for hydroxylation is 2. The molecule has 4 aromatic rings. The van der Waals surface area contributed by atoms with Gasteiger partial charge in [-0.2, -0.15) is 18.3 Å². The Hall–Kier alpha value is -4.66. The normalized spacial score (nSPS) is 15.7. The van der Waals surface area contributed by atoms with Crippen molar-refractivity contribution in [3.8, 4) is 11.8 Å². The van der Waals surface area contributed by atoms with E-state index in [-0.39, 0.29) is 12.1 Å². The molecule has 1 aliphatic carbocycles. The molecule has 11 heteroatoms. The van der Waals surface area contributed by atoms with Crippen molar-refractivity contribution >= 4 is 23.0 Å². The maximum Gasteiger partial charge on any atom is 0.416 e. The number of anilines is 3. The van der Waals surface area contributed by atoms with E-state index in [1.54, 1.807) is 29.2 Å². The summed E-state index contributed by atoms with van der Waals surface area (Å²) in [7, 11) is 3.92. The van der Waals surface area contributed by atoms with Gasteiger partial charge in [-0.05, 0) is 61.7 Å². The zero-order chi connectivity index (χ0) is 32.4. The molecule has 46 heavy (non-hydrogen) atoms. The lowest BCUT2D eigenvalue weighted by molar-refractivity contribution is -0.138. The van der Waals surface area contributed by atoms with Crippen LogP contribution in [0.15, 0.2) is 61.6 Å². The van der Waals surface area contributed by atoms with Crippen molar-refractivity contribution in [1.29, 1.82) is 0 Å². The number of piperazine rings is 1. The van der Waals surface area contributed by atoms with Gasteiger partial charge in [-0.25, -0.2) is 9.97 Å². The third-order valence-electron chi connectivity index (χ3n) is 8.35. The molecule has 0 amide bonds. The Morgan fingerprint density at radius 1 is 1.00 bits per heavy atom. The van der Waals surface area contributed by atoms with E-state index in [2.05, 4.69) is 53.9 Å². The molecule has 2 N–H and O–H groups in total. The first-order chi connectivity index (χ1) is 22.0. The van der Waals surface area contributed by atoms with E-state index < -0.39 is 11.7 Å². The molecule has 0 atom stereocenters. The summed E-state index contributed by atoms with van der Waals surface area (Å²) in [6.07, 6.45) is 3.09. The van der Waals surface area contributed by atoms with Crippen LogP contribution >= 0.6 is 0 Å². The number of nitrogens with one attached hydrogen (secondary N) is 2. The van der Waals surface area contributed by atoms with E-state index in [1.807, 2.05) is 45.4 Å². The lowest BCUT2D eigenvalue weighted by Gasteiger charge is -2.33. The predicted octanol–water partition coefficient (Wildman–Crippen LogP) is 6.39. The summed E-state index contributed by atoms with van der Waals surface area (Å²) < 4.78 is 44.1. The van der Waals surface area contributed by atoms with Crippen LogP contribution in [0.3, 0.4) is 0 Å². The largest absolute Gasteiger partial charge is 0.416 e. The quantitative estimate of drug-likeness (QED) is 0.220. The van der Waals surface area contributed by atoms with Crippen molar-refractivity contribution in [3.63, 3.8) is 0 Å². The van der Waals surface area contributed by atoms with Gasteiger partial charge in [0.15, 0.2) is 0 Å². The Morgan fingerprint density at radius 2 is 1.74 bits per heavy atom. The molecule has 0 unspecified atom stereocenters. The lowest BCUT2D eigenvalue weighted by Crippen LogP contribution is -2.44. The summed E-state index contributed by atoms with van der Waals surface area (Å²) in [6, 6.07) is 10.1. The first-order valence-corrected chi connectivity index (χ1v) is 15.3. The SMILES string of the molecule is C=C(Nc1ccc(CN2CCN(C)CC2)c(C(F)(F)F)c1)c1ccc(C)c(C#Cc2cnc(Nc3cn(C)nc3C3CC3)nc2)c1. The van der Waals surface area contributed by atoms with Crippen LogP contribution in [0.4, 0.5) is 30.5 Å².